The van der Waals surface area contributed by atoms with Crippen molar-refractivity contribution in [2.75, 3.05) is 6.26 Å². The Bertz CT molecular complexity index is 278. The van der Waals surface area contributed by atoms with Gasteiger partial charge in [-0.15, -0.1) is 0 Å². The third kappa shape index (κ3) is 2.44. The van der Waals surface area contributed by atoms with Crippen molar-refractivity contribution in [2.45, 2.75) is 16.9 Å². The van der Waals surface area contributed by atoms with Crippen LogP contribution in [-0.4, -0.2) is 16.2 Å². The topological polar surface area (TPSA) is 25.8 Å². The largest absolute Gasteiger partial charge is 0.230 e. The molecule has 0 spiro atoms. The molecule has 1 aromatic heterocycles. The summed E-state index contributed by atoms with van der Waals surface area (Å²) in [4.78, 5) is 8.72. The van der Waals surface area contributed by atoms with Gasteiger partial charge in [-0.2, -0.15) is 0 Å². The van der Waals surface area contributed by atoms with Gasteiger partial charge in [-0.25, -0.2) is 9.97 Å². The molecule has 0 saturated carbocycles. The molecule has 0 N–H and O–H groups in total. The summed E-state index contributed by atoms with van der Waals surface area (Å²) in [6, 6.07) is 0. The predicted molar refractivity (Wildman–Crippen MR) is 58.9 cm³/mol. The normalized spacial score (nSPS) is 13.0. The van der Waals surface area contributed by atoms with Crippen LogP contribution in [0, 0.1) is 0 Å². The van der Waals surface area contributed by atoms with Crippen LogP contribution in [0.25, 0.3) is 0 Å². The van der Waals surface area contributed by atoms with Crippen molar-refractivity contribution < 1.29 is 0 Å². The number of nitrogens with zero attached hydrogens (tertiary/aromatic N) is 2. The highest BCUT2D eigenvalue weighted by Gasteiger charge is 2.08. The zero-order valence-corrected chi connectivity index (χ0v) is 10.7. The number of aromatic nitrogens is 2. The smallest absolute Gasteiger partial charge is 0.187 e. The minimum Gasteiger partial charge on any atom is -0.230 e. The molecule has 12 heavy (non-hydrogen) atoms. The van der Waals surface area contributed by atoms with E-state index in [4.69, 9.17) is 0 Å². The lowest BCUT2D eigenvalue weighted by atomic mass is 10.3. The predicted octanol–water partition coefficient (Wildman–Crippen LogP) is 3.42. The van der Waals surface area contributed by atoms with Crippen molar-refractivity contribution in [1.29, 1.82) is 0 Å². The molecule has 1 rings (SSSR count). The van der Waals surface area contributed by atoms with Gasteiger partial charge in [-0.05, 0) is 29.1 Å². The molecule has 1 atom stereocenters. The highest BCUT2D eigenvalue weighted by molar-refractivity contribution is 9.11. The molecule has 1 unspecified atom stereocenters. The molecule has 0 bridgehead atoms. The average molecular weight is 312 g/mol. The van der Waals surface area contributed by atoms with E-state index in [0.717, 1.165) is 15.3 Å². The summed E-state index contributed by atoms with van der Waals surface area (Å²) in [6.07, 6.45) is 3.75. The van der Waals surface area contributed by atoms with Crippen LogP contribution in [0.15, 0.2) is 15.8 Å². The molecule has 0 aliphatic carbocycles. The molecular weight excluding hydrogens is 304 g/mol. The van der Waals surface area contributed by atoms with Crippen LogP contribution >= 0.6 is 43.6 Å². The molecule has 0 amide bonds. The van der Waals surface area contributed by atoms with Gasteiger partial charge in [-0.3, -0.25) is 0 Å². The zero-order valence-electron chi connectivity index (χ0n) is 6.71. The van der Waals surface area contributed by atoms with Crippen molar-refractivity contribution >= 4 is 43.6 Å². The van der Waals surface area contributed by atoms with Crippen molar-refractivity contribution in [3.8, 4) is 0 Å². The summed E-state index contributed by atoms with van der Waals surface area (Å²) in [5.41, 5.74) is 0.995. The lowest BCUT2D eigenvalue weighted by Gasteiger charge is -2.05. The van der Waals surface area contributed by atoms with E-state index in [1.165, 1.54) is 0 Å². The molecular formula is C7H8Br2N2S. The van der Waals surface area contributed by atoms with Crippen LogP contribution in [0.5, 0.6) is 0 Å². The Hall–Kier alpha value is 0.390. The molecule has 5 heteroatoms. The van der Waals surface area contributed by atoms with Crippen molar-refractivity contribution in [2.24, 2.45) is 0 Å². The first-order chi connectivity index (χ1) is 5.65. The number of rotatable bonds is 2. The van der Waals surface area contributed by atoms with Gasteiger partial charge in [0.2, 0.25) is 0 Å². The van der Waals surface area contributed by atoms with Crippen molar-refractivity contribution in [3.63, 3.8) is 0 Å². The number of halogens is 2. The number of alkyl halides is 1. The SMILES string of the molecule is CSc1ncc(Br)c(C(C)Br)n1. The Morgan fingerprint density at radius 3 is 2.75 bits per heavy atom. The maximum atomic E-state index is 4.35. The zero-order chi connectivity index (χ0) is 9.14. The van der Waals surface area contributed by atoms with Gasteiger partial charge in [0.25, 0.3) is 0 Å². The quantitative estimate of drug-likeness (QED) is 0.475. The minimum absolute atomic E-state index is 0.251. The molecule has 1 heterocycles. The first-order valence-electron chi connectivity index (χ1n) is 3.35. The van der Waals surface area contributed by atoms with Crippen molar-refractivity contribution in [3.05, 3.63) is 16.4 Å². The second-order valence-electron chi connectivity index (χ2n) is 2.21. The first-order valence-corrected chi connectivity index (χ1v) is 6.29. The van der Waals surface area contributed by atoms with E-state index in [2.05, 4.69) is 41.8 Å². The number of thioether (sulfide) groups is 1. The summed E-state index contributed by atoms with van der Waals surface area (Å²) in [5.74, 6) is 0. The summed E-state index contributed by atoms with van der Waals surface area (Å²) in [7, 11) is 0. The van der Waals surface area contributed by atoms with E-state index < -0.39 is 0 Å². The summed E-state index contributed by atoms with van der Waals surface area (Å²) in [6.45, 7) is 2.04. The monoisotopic (exact) mass is 310 g/mol. The summed E-state index contributed by atoms with van der Waals surface area (Å²) in [5, 5.41) is 0.805. The van der Waals surface area contributed by atoms with Gasteiger partial charge in [0.1, 0.15) is 0 Å². The second kappa shape index (κ2) is 4.58. The molecule has 0 saturated heterocycles. The van der Waals surface area contributed by atoms with Crippen LogP contribution in [-0.2, 0) is 0 Å². The molecule has 0 aliphatic heterocycles. The third-order valence-electron chi connectivity index (χ3n) is 1.31. The molecule has 2 nitrogen and oxygen atoms in total. The second-order valence-corrected chi connectivity index (χ2v) is 5.21. The van der Waals surface area contributed by atoms with Gasteiger partial charge < -0.3 is 0 Å². The lowest BCUT2D eigenvalue weighted by molar-refractivity contribution is 0.876. The Balaban J connectivity index is 3.08. The Kier molecular flexibility index (Phi) is 3.99. The Morgan fingerprint density at radius 2 is 2.25 bits per heavy atom. The lowest BCUT2D eigenvalue weighted by Crippen LogP contribution is -1.95. The van der Waals surface area contributed by atoms with Crippen LogP contribution in [0.4, 0.5) is 0 Å². The third-order valence-corrected chi connectivity index (χ3v) is 2.91. The van der Waals surface area contributed by atoms with Gasteiger partial charge in [0.05, 0.1) is 15.0 Å². The Morgan fingerprint density at radius 1 is 1.58 bits per heavy atom. The van der Waals surface area contributed by atoms with E-state index in [1.54, 1.807) is 18.0 Å². The van der Waals surface area contributed by atoms with Gasteiger partial charge in [0.15, 0.2) is 5.16 Å². The standard InChI is InChI=1S/C7H8Br2N2S/c1-4(8)6-5(9)3-10-7(11-6)12-2/h3-4H,1-2H3. The van der Waals surface area contributed by atoms with Gasteiger partial charge >= 0.3 is 0 Å². The van der Waals surface area contributed by atoms with E-state index in [0.29, 0.717) is 0 Å². The molecule has 1 aromatic rings. The van der Waals surface area contributed by atoms with Crippen LogP contribution in [0.2, 0.25) is 0 Å². The fourth-order valence-electron chi connectivity index (χ4n) is 0.741. The first kappa shape index (κ1) is 10.5. The number of hydrogen-bond acceptors (Lipinski definition) is 3. The molecule has 0 fully saturated rings. The maximum absolute atomic E-state index is 4.35. The molecule has 66 valence electrons. The van der Waals surface area contributed by atoms with Gasteiger partial charge in [0, 0.05) is 6.20 Å². The average Bonchev–Trinajstić information content (AvgIpc) is 2.05. The van der Waals surface area contributed by atoms with Crippen LogP contribution < -0.4 is 0 Å². The fraction of sp³-hybridized carbons (Fsp3) is 0.429. The van der Waals surface area contributed by atoms with E-state index in [-0.39, 0.29) is 4.83 Å². The highest BCUT2D eigenvalue weighted by Crippen LogP contribution is 2.27. The minimum atomic E-state index is 0.251. The Labute approximate surface area is 92.8 Å². The van der Waals surface area contributed by atoms with Gasteiger partial charge in [-0.1, -0.05) is 27.7 Å². The summed E-state index contributed by atoms with van der Waals surface area (Å²) >= 11 is 8.41. The van der Waals surface area contributed by atoms with E-state index >= 15 is 0 Å². The van der Waals surface area contributed by atoms with Crippen LogP contribution in [0.3, 0.4) is 0 Å². The molecule has 0 aromatic carbocycles. The van der Waals surface area contributed by atoms with Crippen molar-refractivity contribution in [1.82, 2.24) is 9.97 Å². The summed E-state index contributed by atoms with van der Waals surface area (Å²) < 4.78 is 0.949. The fourth-order valence-corrected chi connectivity index (χ4v) is 2.28. The van der Waals surface area contributed by atoms with E-state index in [9.17, 15) is 0 Å². The maximum Gasteiger partial charge on any atom is 0.187 e. The highest BCUT2D eigenvalue weighted by atomic mass is 79.9. The number of hydrogen-bond donors (Lipinski definition) is 0. The molecule has 0 radical (unpaired) electrons. The van der Waals surface area contributed by atoms with Crippen LogP contribution in [0.1, 0.15) is 17.4 Å². The van der Waals surface area contributed by atoms with E-state index in [1.807, 2.05) is 13.2 Å². The molecule has 0 aliphatic rings.